The maximum atomic E-state index is 13.1. The van der Waals surface area contributed by atoms with Crippen molar-refractivity contribution in [1.29, 1.82) is 0 Å². The number of carbonyl (C=O) groups is 3. The Morgan fingerprint density at radius 2 is 1.45 bits per heavy atom. The van der Waals surface area contributed by atoms with Crippen molar-refractivity contribution in [2.75, 3.05) is 26.2 Å². The van der Waals surface area contributed by atoms with Crippen molar-refractivity contribution in [2.24, 2.45) is 0 Å². The van der Waals surface area contributed by atoms with E-state index in [2.05, 4.69) is 64.1 Å². The van der Waals surface area contributed by atoms with Gasteiger partial charge >= 0.3 is 11.9 Å². The van der Waals surface area contributed by atoms with Crippen molar-refractivity contribution in [1.82, 2.24) is 19.4 Å². The summed E-state index contributed by atoms with van der Waals surface area (Å²) in [6.45, 7) is 4.11. The van der Waals surface area contributed by atoms with E-state index in [0.29, 0.717) is 24.6 Å². The number of rotatable bonds is 7. The number of carboxylic acid groups (broad SMARTS) is 2. The van der Waals surface area contributed by atoms with Crippen LogP contribution in [0.25, 0.3) is 16.7 Å². The van der Waals surface area contributed by atoms with Crippen LogP contribution in [0.1, 0.15) is 41.0 Å². The van der Waals surface area contributed by atoms with Crippen molar-refractivity contribution in [2.45, 2.75) is 31.7 Å². The van der Waals surface area contributed by atoms with Crippen LogP contribution in [0.5, 0.6) is 0 Å². The number of carbonyl (C=O) groups excluding carboxylic acids is 1. The smallest absolute Gasteiger partial charge is 0.328 e. The third-order valence-corrected chi connectivity index (χ3v) is 7.68. The summed E-state index contributed by atoms with van der Waals surface area (Å²) in [5, 5.41) is 15.6. The Morgan fingerprint density at radius 1 is 0.810 bits per heavy atom. The topological polar surface area (TPSA) is 116 Å². The zero-order valence-electron chi connectivity index (χ0n) is 23.3. The molecule has 9 heteroatoms. The number of aromatic nitrogens is 2. The lowest BCUT2D eigenvalue weighted by molar-refractivity contribution is -0.134. The van der Waals surface area contributed by atoms with Crippen LogP contribution in [0.4, 0.5) is 0 Å². The molecule has 2 N–H and O–H groups in total. The van der Waals surface area contributed by atoms with Gasteiger partial charge in [-0.2, -0.15) is 0 Å². The first kappa shape index (κ1) is 28.8. The quantitative estimate of drug-likeness (QED) is 0.313. The molecule has 6 rings (SSSR count). The monoisotopic (exact) mass is 566 g/mol. The van der Waals surface area contributed by atoms with Crippen LogP contribution >= 0.6 is 0 Å². The van der Waals surface area contributed by atoms with Crippen LogP contribution in [0.15, 0.2) is 91.0 Å². The van der Waals surface area contributed by atoms with Crippen molar-refractivity contribution < 1.29 is 24.6 Å². The van der Waals surface area contributed by atoms with Crippen molar-refractivity contribution in [3.8, 4) is 5.69 Å². The molecule has 1 aromatic heterocycles. The number of likely N-dealkylation sites (tertiary alicyclic amines) is 2. The maximum Gasteiger partial charge on any atom is 0.328 e. The van der Waals surface area contributed by atoms with Gasteiger partial charge in [0, 0.05) is 49.0 Å². The molecule has 3 aromatic carbocycles. The Bertz CT molecular complexity index is 1560. The predicted octanol–water partition coefficient (Wildman–Crippen LogP) is 4.64. The lowest BCUT2D eigenvalue weighted by atomic mass is 10.1. The molecule has 0 bridgehead atoms. The summed E-state index contributed by atoms with van der Waals surface area (Å²) >= 11 is 0. The molecule has 4 aromatic rings. The number of hydrogen-bond donors (Lipinski definition) is 2. The SMILES string of the molecule is O=C(O)C=CC(=O)O.O=C(c1ccc(Cc2nc3ccccc3n2-c2ccccc2)cc1)N1CC[C@H](N2CCCC2)C1. The average Bonchev–Trinajstić information content (AvgIpc) is 3.77. The molecule has 42 heavy (non-hydrogen) atoms. The molecule has 9 nitrogen and oxygen atoms in total. The standard InChI is InChI=1S/C29H30N4O.C4H4O4/c34-29(32-19-16-25(21-32)31-17-6-7-18-31)23-14-12-22(13-15-23)20-28-30-26-10-4-5-11-27(26)33(28)24-8-2-1-3-9-24;5-3(6)1-2-4(7)8/h1-5,8-15,25H,6-7,16-21H2;1-2H,(H,5,6)(H,7,8)/t25-;/m0./s1. The second kappa shape index (κ2) is 13.3. The molecule has 0 saturated carbocycles. The number of para-hydroxylation sites is 3. The minimum Gasteiger partial charge on any atom is -0.478 e. The number of fused-ring (bicyclic) bond motifs is 1. The van der Waals surface area contributed by atoms with Crippen LogP contribution in [0, 0.1) is 0 Å². The first-order chi connectivity index (χ1) is 20.4. The van der Waals surface area contributed by atoms with E-state index in [9.17, 15) is 14.4 Å². The van der Waals surface area contributed by atoms with Crippen LogP contribution < -0.4 is 0 Å². The molecule has 0 spiro atoms. The summed E-state index contributed by atoms with van der Waals surface area (Å²) in [4.78, 5) is 41.8. The van der Waals surface area contributed by atoms with E-state index in [4.69, 9.17) is 15.2 Å². The fourth-order valence-corrected chi connectivity index (χ4v) is 5.66. The Labute approximate surface area is 244 Å². The number of nitrogens with zero attached hydrogens (tertiary/aromatic N) is 4. The molecule has 1 amide bonds. The number of imidazole rings is 1. The third-order valence-electron chi connectivity index (χ3n) is 7.68. The predicted molar refractivity (Wildman–Crippen MR) is 160 cm³/mol. The number of hydrogen-bond acceptors (Lipinski definition) is 5. The minimum absolute atomic E-state index is 0.157. The Balaban J connectivity index is 0.000000390. The summed E-state index contributed by atoms with van der Waals surface area (Å²) in [6.07, 6.45) is 5.51. The zero-order chi connectivity index (χ0) is 29.5. The van der Waals surface area contributed by atoms with E-state index in [-0.39, 0.29) is 5.91 Å². The normalized spacial score (nSPS) is 17.0. The molecule has 2 aliphatic heterocycles. The van der Waals surface area contributed by atoms with Gasteiger partial charge in [-0.25, -0.2) is 14.6 Å². The van der Waals surface area contributed by atoms with Crippen molar-refractivity contribution in [3.05, 3.63) is 108 Å². The first-order valence-electron chi connectivity index (χ1n) is 14.2. The summed E-state index contributed by atoms with van der Waals surface area (Å²) in [5.41, 5.74) is 5.15. The minimum atomic E-state index is -1.26. The fourth-order valence-electron chi connectivity index (χ4n) is 5.66. The number of carboxylic acids is 2. The zero-order valence-corrected chi connectivity index (χ0v) is 23.3. The van der Waals surface area contributed by atoms with Gasteiger partial charge in [0.15, 0.2) is 0 Å². The highest BCUT2D eigenvalue weighted by Crippen LogP contribution is 2.25. The van der Waals surface area contributed by atoms with Gasteiger partial charge in [0.05, 0.1) is 11.0 Å². The van der Waals surface area contributed by atoms with Gasteiger partial charge < -0.3 is 15.1 Å². The number of amides is 1. The second-order valence-corrected chi connectivity index (χ2v) is 10.5. The molecule has 0 unspecified atom stereocenters. The molecule has 0 radical (unpaired) electrons. The maximum absolute atomic E-state index is 13.1. The van der Waals surface area contributed by atoms with Gasteiger partial charge in [0.25, 0.3) is 5.91 Å². The van der Waals surface area contributed by atoms with Crippen LogP contribution in [0.2, 0.25) is 0 Å². The molecular weight excluding hydrogens is 532 g/mol. The van der Waals surface area contributed by atoms with E-state index in [1.54, 1.807) is 0 Å². The van der Waals surface area contributed by atoms with Gasteiger partial charge in [0.2, 0.25) is 0 Å². The Kier molecular flexibility index (Phi) is 9.08. The van der Waals surface area contributed by atoms with E-state index < -0.39 is 11.9 Å². The van der Waals surface area contributed by atoms with Crippen LogP contribution in [0.3, 0.4) is 0 Å². The molecule has 3 heterocycles. The molecule has 2 saturated heterocycles. The van der Waals surface area contributed by atoms with Gasteiger partial charge in [-0.1, -0.05) is 42.5 Å². The van der Waals surface area contributed by atoms with Crippen LogP contribution in [-0.2, 0) is 16.0 Å². The first-order valence-corrected chi connectivity index (χ1v) is 14.2. The Hall–Kier alpha value is -4.76. The molecule has 1 atom stereocenters. The van der Waals surface area contributed by atoms with Gasteiger partial charge in [0.1, 0.15) is 5.82 Å². The van der Waals surface area contributed by atoms with Gasteiger partial charge in [-0.15, -0.1) is 0 Å². The average molecular weight is 567 g/mol. The molecule has 216 valence electrons. The summed E-state index contributed by atoms with van der Waals surface area (Å²) in [5.74, 6) is -1.36. The fraction of sp³-hybridized carbons (Fsp3) is 0.273. The summed E-state index contributed by atoms with van der Waals surface area (Å²) < 4.78 is 2.23. The molecular formula is C33H34N4O5. The summed E-state index contributed by atoms with van der Waals surface area (Å²) in [6, 6.07) is 27.3. The van der Waals surface area contributed by atoms with E-state index in [1.165, 1.54) is 25.9 Å². The molecule has 2 fully saturated rings. The Morgan fingerprint density at radius 3 is 2.12 bits per heavy atom. The van der Waals surface area contributed by atoms with Crippen molar-refractivity contribution in [3.63, 3.8) is 0 Å². The van der Waals surface area contributed by atoms with Crippen molar-refractivity contribution >= 4 is 28.9 Å². The lowest BCUT2D eigenvalue weighted by Crippen LogP contribution is -2.37. The second-order valence-electron chi connectivity index (χ2n) is 10.5. The van der Waals surface area contributed by atoms with E-state index in [1.807, 2.05) is 29.2 Å². The van der Waals surface area contributed by atoms with E-state index in [0.717, 1.165) is 53.2 Å². The molecule has 0 aliphatic carbocycles. The van der Waals surface area contributed by atoms with Gasteiger partial charge in [-0.05, 0) is 74.3 Å². The molecule has 2 aliphatic rings. The van der Waals surface area contributed by atoms with Gasteiger partial charge in [-0.3, -0.25) is 14.3 Å². The highest BCUT2D eigenvalue weighted by molar-refractivity contribution is 5.94. The highest BCUT2D eigenvalue weighted by Gasteiger charge is 2.31. The highest BCUT2D eigenvalue weighted by atomic mass is 16.4. The van der Waals surface area contributed by atoms with E-state index >= 15 is 0 Å². The van der Waals surface area contributed by atoms with Crippen LogP contribution in [-0.4, -0.2) is 79.6 Å². The largest absolute Gasteiger partial charge is 0.478 e. The lowest BCUT2D eigenvalue weighted by Gasteiger charge is -2.23. The number of aliphatic carboxylic acids is 2. The summed E-state index contributed by atoms with van der Waals surface area (Å²) in [7, 11) is 0. The third kappa shape index (κ3) is 6.92. The number of benzene rings is 3.